The van der Waals surface area contributed by atoms with Crippen LogP contribution >= 0.6 is 0 Å². The third-order valence-corrected chi connectivity index (χ3v) is 5.42. The van der Waals surface area contributed by atoms with Gasteiger partial charge in [0.1, 0.15) is 11.6 Å². The highest BCUT2D eigenvalue weighted by Gasteiger charge is 2.14. The van der Waals surface area contributed by atoms with E-state index in [1.54, 1.807) is 24.3 Å². The van der Waals surface area contributed by atoms with Crippen molar-refractivity contribution in [2.75, 3.05) is 17.1 Å². The number of rotatable bonds is 7. The SMILES string of the molecule is CCc1ccc(Nc2ccc(NS(=O)(=O)c3ccc(OC)cc3)cn2)cc1. The average Bonchev–Trinajstić information content (AvgIpc) is 2.70. The third-order valence-electron chi connectivity index (χ3n) is 4.02. The number of anilines is 3. The van der Waals surface area contributed by atoms with Crippen LogP contribution in [-0.2, 0) is 16.4 Å². The Morgan fingerprint density at radius 3 is 2.15 bits per heavy atom. The molecule has 0 aliphatic rings. The molecular formula is C20H21N3O3S. The fourth-order valence-electron chi connectivity index (χ4n) is 2.47. The van der Waals surface area contributed by atoms with E-state index in [4.69, 9.17) is 4.74 Å². The molecule has 2 aromatic carbocycles. The Hall–Kier alpha value is -3.06. The van der Waals surface area contributed by atoms with Gasteiger partial charge in [-0.25, -0.2) is 13.4 Å². The van der Waals surface area contributed by atoms with Gasteiger partial charge in [0.15, 0.2) is 0 Å². The second-order valence-corrected chi connectivity index (χ2v) is 7.57. The first-order chi connectivity index (χ1) is 13.0. The van der Waals surface area contributed by atoms with Crippen LogP contribution in [0.2, 0.25) is 0 Å². The summed E-state index contributed by atoms with van der Waals surface area (Å²) in [6, 6.07) is 17.7. The lowest BCUT2D eigenvalue weighted by molar-refractivity contribution is 0.414. The van der Waals surface area contributed by atoms with E-state index in [9.17, 15) is 8.42 Å². The molecule has 2 N–H and O–H groups in total. The van der Waals surface area contributed by atoms with Gasteiger partial charge in [0.2, 0.25) is 0 Å². The van der Waals surface area contributed by atoms with Gasteiger partial charge in [0.05, 0.1) is 23.9 Å². The third kappa shape index (κ3) is 4.77. The molecule has 0 bridgehead atoms. The molecule has 6 nitrogen and oxygen atoms in total. The lowest BCUT2D eigenvalue weighted by Gasteiger charge is -2.10. The van der Waals surface area contributed by atoms with Crippen molar-refractivity contribution in [3.05, 3.63) is 72.4 Å². The summed E-state index contributed by atoms with van der Waals surface area (Å²) < 4.78 is 32.4. The molecule has 0 radical (unpaired) electrons. The lowest BCUT2D eigenvalue weighted by Crippen LogP contribution is -2.13. The van der Waals surface area contributed by atoms with Gasteiger partial charge in [-0.05, 0) is 60.5 Å². The van der Waals surface area contributed by atoms with Crippen LogP contribution < -0.4 is 14.8 Å². The summed E-state index contributed by atoms with van der Waals surface area (Å²) in [6.07, 6.45) is 2.46. The molecule has 0 spiro atoms. The number of nitrogens with zero attached hydrogens (tertiary/aromatic N) is 1. The zero-order valence-corrected chi connectivity index (χ0v) is 16.0. The van der Waals surface area contributed by atoms with Crippen LogP contribution in [0.3, 0.4) is 0 Å². The molecule has 0 aliphatic carbocycles. The highest BCUT2D eigenvalue weighted by atomic mass is 32.2. The number of sulfonamides is 1. The molecule has 27 heavy (non-hydrogen) atoms. The van der Waals surface area contributed by atoms with E-state index in [0.29, 0.717) is 17.3 Å². The summed E-state index contributed by atoms with van der Waals surface area (Å²) in [7, 11) is -2.15. The van der Waals surface area contributed by atoms with Gasteiger partial charge < -0.3 is 10.1 Å². The number of aryl methyl sites for hydroxylation is 1. The summed E-state index contributed by atoms with van der Waals surface area (Å²) >= 11 is 0. The van der Waals surface area contributed by atoms with E-state index in [1.807, 2.05) is 12.1 Å². The quantitative estimate of drug-likeness (QED) is 0.639. The molecule has 0 aliphatic heterocycles. The summed E-state index contributed by atoms with van der Waals surface area (Å²) in [5.41, 5.74) is 2.57. The maximum absolute atomic E-state index is 12.4. The smallest absolute Gasteiger partial charge is 0.261 e. The molecule has 3 rings (SSSR count). The minimum Gasteiger partial charge on any atom is -0.497 e. The second-order valence-electron chi connectivity index (χ2n) is 5.89. The van der Waals surface area contributed by atoms with Crippen molar-refractivity contribution in [1.82, 2.24) is 4.98 Å². The average molecular weight is 383 g/mol. The normalized spacial score (nSPS) is 11.0. The largest absolute Gasteiger partial charge is 0.497 e. The Labute approximate surface area is 159 Å². The summed E-state index contributed by atoms with van der Waals surface area (Å²) in [5, 5.41) is 3.19. The number of benzene rings is 2. The number of hydrogen-bond acceptors (Lipinski definition) is 5. The summed E-state index contributed by atoms with van der Waals surface area (Å²) in [4.78, 5) is 4.42. The van der Waals surface area contributed by atoms with Gasteiger partial charge in [-0.2, -0.15) is 0 Å². The standard InChI is InChI=1S/C20H21N3O3S/c1-3-15-4-6-16(7-5-15)22-20-13-8-17(14-21-20)23-27(24,25)19-11-9-18(26-2)10-12-19/h4-14,23H,3H2,1-2H3,(H,21,22). The minimum absolute atomic E-state index is 0.154. The first-order valence-corrected chi connectivity index (χ1v) is 9.97. The molecule has 140 valence electrons. The Morgan fingerprint density at radius 1 is 0.926 bits per heavy atom. The number of ether oxygens (including phenoxy) is 1. The van der Waals surface area contributed by atoms with Crippen LogP contribution in [0, 0.1) is 0 Å². The molecule has 1 heterocycles. The molecule has 7 heteroatoms. The topological polar surface area (TPSA) is 80.3 Å². The van der Waals surface area contributed by atoms with Crippen molar-refractivity contribution < 1.29 is 13.2 Å². The Morgan fingerprint density at radius 2 is 1.59 bits per heavy atom. The van der Waals surface area contributed by atoms with Crippen molar-refractivity contribution in [1.29, 1.82) is 0 Å². The number of aromatic nitrogens is 1. The molecule has 0 fully saturated rings. The molecule has 0 unspecified atom stereocenters. The van der Waals surface area contributed by atoms with Crippen LogP contribution in [0.4, 0.5) is 17.2 Å². The minimum atomic E-state index is -3.68. The fourth-order valence-corrected chi connectivity index (χ4v) is 3.51. The Bertz CT molecular complexity index is 984. The van der Waals surface area contributed by atoms with Crippen molar-refractivity contribution in [3.8, 4) is 5.75 Å². The lowest BCUT2D eigenvalue weighted by atomic mass is 10.1. The first-order valence-electron chi connectivity index (χ1n) is 8.49. The zero-order chi connectivity index (χ0) is 19.3. The van der Waals surface area contributed by atoms with Crippen LogP contribution in [-0.4, -0.2) is 20.5 Å². The first kappa shape index (κ1) is 18.7. The monoisotopic (exact) mass is 383 g/mol. The Kier molecular flexibility index (Phi) is 5.61. The molecule has 0 atom stereocenters. The predicted molar refractivity (Wildman–Crippen MR) is 107 cm³/mol. The van der Waals surface area contributed by atoms with Gasteiger partial charge in [-0.1, -0.05) is 19.1 Å². The second kappa shape index (κ2) is 8.09. The van der Waals surface area contributed by atoms with E-state index >= 15 is 0 Å². The van der Waals surface area contributed by atoms with Gasteiger partial charge in [0, 0.05) is 5.69 Å². The summed E-state index contributed by atoms with van der Waals surface area (Å²) in [6.45, 7) is 2.11. The predicted octanol–water partition coefficient (Wildman–Crippen LogP) is 4.20. The van der Waals surface area contributed by atoms with Crippen molar-refractivity contribution in [3.63, 3.8) is 0 Å². The highest BCUT2D eigenvalue weighted by Crippen LogP contribution is 2.21. The van der Waals surface area contributed by atoms with Crippen LogP contribution in [0.1, 0.15) is 12.5 Å². The Balaban J connectivity index is 1.68. The van der Waals surface area contributed by atoms with E-state index in [-0.39, 0.29) is 4.90 Å². The van der Waals surface area contributed by atoms with Gasteiger partial charge in [-0.3, -0.25) is 4.72 Å². The van der Waals surface area contributed by atoms with E-state index in [0.717, 1.165) is 12.1 Å². The van der Waals surface area contributed by atoms with Gasteiger partial charge in [0.25, 0.3) is 10.0 Å². The fraction of sp³-hybridized carbons (Fsp3) is 0.150. The molecule has 3 aromatic rings. The molecule has 0 saturated carbocycles. The number of pyridine rings is 1. The summed E-state index contributed by atoms with van der Waals surface area (Å²) in [5.74, 6) is 1.23. The van der Waals surface area contributed by atoms with Gasteiger partial charge >= 0.3 is 0 Å². The van der Waals surface area contributed by atoms with E-state index in [2.05, 4.69) is 34.1 Å². The molecule has 1 aromatic heterocycles. The molecule has 0 amide bonds. The molecular weight excluding hydrogens is 362 g/mol. The van der Waals surface area contributed by atoms with E-state index < -0.39 is 10.0 Å². The number of hydrogen-bond donors (Lipinski definition) is 2. The van der Waals surface area contributed by atoms with Crippen molar-refractivity contribution >= 4 is 27.2 Å². The van der Waals surface area contributed by atoms with Crippen LogP contribution in [0.15, 0.2) is 71.8 Å². The maximum Gasteiger partial charge on any atom is 0.261 e. The molecule has 0 saturated heterocycles. The number of methoxy groups -OCH3 is 1. The highest BCUT2D eigenvalue weighted by molar-refractivity contribution is 7.92. The van der Waals surface area contributed by atoms with Crippen LogP contribution in [0.25, 0.3) is 0 Å². The van der Waals surface area contributed by atoms with Crippen molar-refractivity contribution in [2.24, 2.45) is 0 Å². The zero-order valence-electron chi connectivity index (χ0n) is 15.1. The maximum atomic E-state index is 12.4. The van der Waals surface area contributed by atoms with E-state index in [1.165, 1.54) is 31.0 Å². The van der Waals surface area contributed by atoms with Crippen molar-refractivity contribution in [2.45, 2.75) is 18.2 Å². The van der Waals surface area contributed by atoms with Crippen LogP contribution in [0.5, 0.6) is 5.75 Å². The van der Waals surface area contributed by atoms with Gasteiger partial charge in [-0.15, -0.1) is 0 Å². The number of nitrogens with one attached hydrogen (secondary N) is 2.